The van der Waals surface area contributed by atoms with Gasteiger partial charge in [-0.05, 0) is 37.6 Å². The molecular weight excluding hydrogens is 548 g/mol. The van der Waals surface area contributed by atoms with Gasteiger partial charge in [-0.2, -0.15) is 17.7 Å². The van der Waals surface area contributed by atoms with Crippen LogP contribution in [0.4, 0.5) is 0 Å². The third-order valence-electron chi connectivity index (χ3n) is 6.27. The predicted octanol–water partition coefficient (Wildman–Crippen LogP) is 2.12. The molecule has 6 aromatic rings. The van der Waals surface area contributed by atoms with E-state index in [1.807, 2.05) is 0 Å². The summed E-state index contributed by atoms with van der Waals surface area (Å²) >= 11 is 0. The Morgan fingerprint density at radius 2 is 1.37 bits per heavy atom. The molecule has 0 bridgehead atoms. The summed E-state index contributed by atoms with van der Waals surface area (Å²) in [6, 6.07) is 40.7. The molecular formula is C31H27Cl2NZr. The van der Waals surface area contributed by atoms with E-state index in [2.05, 4.69) is 134 Å². The second kappa shape index (κ2) is 13.1. The van der Waals surface area contributed by atoms with Crippen molar-refractivity contribution in [3.63, 3.8) is 0 Å². The zero-order valence-corrected chi connectivity index (χ0v) is 23.8. The summed E-state index contributed by atoms with van der Waals surface area (Å²) in [6.45, 7) is 4.41. The molecule has 1 nitrogen and oxygen atoms in total. The Hall–Kier alpha value is -2.38. The van der Waals surface area contributed by atoms with Crippen molar-refractivity contribution in [1.29, 1.82) is 0 Å². The fraction of sp³-hybridized carbons (Fsp3) is 0.0968. The van der Waals surface area contributed by atoms with Crippen LogP contribution in [-0.4, -0.2) is 4.57 Å². The molecule has 0 radical (unpaired) electrons. The van der Waals surface area contributed by atoms with E-state index in [1.54, 1.807) is 0 Å². The number of aryl methyl sites for hydroxylation is 1. The van der Waals surface area contributed by atoms with E-state index in [-0.39, 0.29) is 51.0 Å². The summed E-state index contributed by atoms with van der Waals surface area (Å²) in [5.41, 5.74) is 8.00. The summed E-state index contributed by atoms with van der Waals surface area (Å²) < 4.78 is 2.37. The van der Waals surface area contributed by atoms with Gasteiger partial charge < -0.3 is 29.4 Å². The Balaban J connectivity index is 0.000000252. The van der Waals surface area contributed by atoms with Gasteiger partial charge in [0.2, 0.25) is 0 Å². The number of nitrogens with zero attached hydrogens (tertiary/aromatic N) is 1. The minimum atomic E-state index is 0. The number of hydrogen-bond acceptors (Lipinski definition) is 0. The van der Waals surface area contributed by atoms with Gasteiger partial charge >= 0.3 is 26.2 Å². The summed E-state index contributed by atoms with van der Waals surface area (Å²) in [7, 11) is 0. The first-order chi connectivity index (χ1) is 15.7. The van der Waals surface area contributed by atoms with Gasteiger partial charge in [-0.25, -0.2) is 12.1 Å². The van der Waals surface area contributed by atoms with Crippen LogP contribution in [0.5, 0.6) is 0 Å². The number of benzene rings is 3. The monoisotopic (exact) mass is 573 g/mol. The van der Waals surface area contributed by atoms with Crippen LogP contribution < -0.4 is 24.8 Å². The van der Waals surface area contributed by atoms with E-state index >= 15 is 0 Å². The first kappa shape index (κ1) is 28.9. The number of fused-ring (bicyclic) bond motifs is 2. The van der Waals surface area contributed by atoms with Crippen LogP contribution >= 0.6 is 0 Å². The number of hydrogen-bond donors (Lipinski definition) is 0. The van der Waals surface area contributed by atoms with Gasteiger partial charge in [0.15, 0.2) is 0 Å². The predicted molar refractivity (Wildman–Crippen MR) is 137 cm³/mol. The minimum absolute atomic E-state index is 0. The first-order valence-electron chi connectivity index (χ1n) is 11.2. The van der Waals surface area contributed by atoms with Gasteiger partial charge in [-0.3, -0.25) is 0 Å². The van der Waals surface area contributed by atoms with E-state index in [4.69, 9.17) is 0 Å². The van der Waals surface area contributed by atoms with E-state index in [0.717, 1.165) is 6.42 Å². The SMILES string of the molecule is Cc1c(C)n(-c2cc3ccccc3[cH-]2)c2ccccc12.[Cl-].[Cl-].[Zr+4].c1ccc(C[c-]2cccc2)cc1. The van der Waals surface area contributed by atoms with Gasteiger partial charge in [-0.15, -0.1) is 41.1 Å². The summed E-state index contributed by atoms with van der Waals surface area (Å²) in [5, 5.41) is 3.95. The Bertz CT molecular complexity index is 1430. The van der Waals surface area contributed by atoms with Crippen LogP contribution in [0, 0.1) is 13.8 Å². The molecule has 0 saturated heterocycles. The van der Waals surface area contributed by atoms with Crippen LogP contribution in [0.15, 0.2) is 115 Å². The number of rotatable bonds is 3. The third kappa shape index (κ3) is 6.25. The Morgan fingerprint density at radius 1 is 0.743 bits per heavy atom. The van der Waals surface area contributed by atoms with Gasteiger partial charge in [0, 0.05) is 11.1 Å². The summed E-state index contributed by atoms with van der Waals surface area (Å²) in [5.74, 6) is 0. The standard InChI is InChI=1S/C19H16N.C12H11.2ClH.Zr/c1-13-14(2)20(19-10-6-5-9-18(13)19)17-11-15-7-3-4-8-16(15)12-17;1-2-6-11(7-3-1)10-12-8-4-5-9-12;;;/h3-12H,1-2H3;1-9H,10H2;2*1H;/q2*-1;;;+4/p-2. The van der Waals surface area contributed by atoms with Crippen LogP contribution in [-0.2, 0) is 32.6 Å². The molecule has 0 aliphatic rings. The van der Waals surface area contributed by atoms with Crippen molar-refractivity contribution in [1.82, 2.24) is 4.57 Å². The first-order valence-corrected chi connectivity index (χ1v) is 11.2. The summed E-state index contributed by atoms with van der Waals surface area (Å²) in [4.78, 5) is 0. The number of aromatic nitrogens is 1. The van der Waals surface area contributed by atoms with Crippen molar-refractivity contribution < 1.29 is 51.0 Å². The maximum absolute atomic E-state index is 2.37. The third-order valence-corrected chi connectivity index (χ3v) is 6.27. The second-order valence-corrected chi connectivity index (χ2v) is 8.36. The van der Waals surface area contributed by atoms with Gasteiger partial charge in [0.05, 0.1) is 5.52 Å². The molecule has 0 atom stereocenters. The van der Waals surface area contributed by atoms with E-state index < -0.39 is 0 Å². The Kier molecular flexibility index (Phi) is 10.8. The van der Waals surface area contributed by atoms with Gasteiger partial charge in [0.1, 0.15) is 0 Å². The smallest absolute Gasteiger partial charge is 1.00 e. The van der Waals surface area contributed by atoms with Crippen LogP contribution in [0.25, 0.3) is 27.4 Å². The van der Waals surface area contributed by atoms with Crippen LogP contribution in [0.3, 0.4) is 0 Å². The number of para-hydroxylation sites is 1. The largest absolute Gasteiger partial charge is 4.00 e. The van der Waals surface area contributed by atoms with E-state index in [0.29, 0.717) is 0 Å². The van der Waals surface area contributed by atoms with Crippen molar-refractivity contribution in [2.24, 2.45) is 0 Å². The second-order valence-electron chi connectivity index (χ2n) is 8.36. The zero-order chi connectivity index (χ0) is 21.9. The van der Waals surface area contributed by atoms with Gasteiger partial charge in [-0.1, -0.05) is 60.2 Å². The molecule has 0 spiro atoms. The molecule has 1 aromatic heterocycles. The van der Waals surface area contributed by atoms with E-state index in [9.17, 15) is 0 Å². The molecule has 0 aliphatic heterocycles. The molecule has 35 heavy (non-hydrogen) atoms. The topological polar surface area (TPSA) is 4.93 Å². The molecule has 4 heteroatoms. The maximum atomic E-state index is 2.37. The molecule has 0 aliphatic carbocycles. The van der Waals surface area contributed by atoms with Crippen molar-refractivity contribution in [3.8, 4) is 5.69 Å². The van der Waals surface area contributed by atoms with Crippen molar-refractivity contribution in [2.75, 3.05) is 0 Å². The molecule has 0 unspecified atom stereocenters. The average Bonchev–Trinajstić information content (AvgIpc) is 3.54. The molecule has 5 aromatic carbocycles. The zero-order valence-electron chi connectivity index (χ0n) is 19.9. The minimum Gasteiger partial charge on any atom is -1.00 e. The molecule has 1 heterocycles. The Morgan fingerprint density at radius 3 is 2.09 bits per heavy atom. The van der Waals surface area contributed by atoms with Crippen molar-refractivity contribution >= 4 is 21.7 Å². The fourth-order valence-corrected chi connectivity index (χ4v) is 4.49. The molecule has 0 amide bonds. The van der Waals surface area contributed by atoms with Crippen LogP contribution in [0.2, 0.25) is 0 Å². The maximum Gasteiger partial charge on any atom is 4.00 e. The molecule has 6 rings (SSSR count). The normalized spacial score (nSPS) is 10.0. The average molecular weight is 576 g/mol. The molecule has 0 N–H and O–H groups in total. The number of halogens is 2. The van der Waals surface area contributed by atoms with E-state index in [1.165, 1.54) is 49.7 Å². The Labute approximate surface area is 239 Å². The molecule has 0 saturated carbocycles. The van der Waals surface area contributed by atoms with Crippen molar-refractivity contribution in [3.05, 3.63) is 138 Å². The van der Waals surface area contributed by atoms with Crippen molar-refractivity contribution in [2.45, 2.75) is 20.3 Å². The quantitative estimate of drug-likeness (QED) is 0.285. The van der Waals surface area contributed by atoms with Crippen LogP contribution in [0.1, 0.15) is 22.4 Å². The summed E-state index contributed by atoms with van der Waals surface area (Å²) in [6.07, 6.45) is 1.05. The molecule has 0 fully saturated rings. The fourth-order valence-electron chi connectivity index (χ4n) is 4.49. The molecule has 174 valence electrons. The van der Waals surface area contributed by atoms with Gasteiger partial charge in [0.25, 0.3) is 0 Å².